The van der Waals surface area contributed by atoms with Crippen LogP contribution in [0.1, 0.15) is 43.9 Å². The van der Waals surface area contributed by atoms with Crippen LogP contribution in [-0.4, -0.2) is 16.3 Å². The highest BCUT2D eigenvalue weighted by atomic mass is 16.5. The predicted octanol–water partition coefficient (Wildman–Crippen LogP) is 6.13. The molecule has 5 heteroatoms. The Morgan fingerprint density at radius 2 is 1.75 bits per heavy atom. The number of hydrogen-bond acceptors (Lipinski definition) is 4. The van der Waals surface area contributed by atoms with E-state index in [1.165, 1.54) is 5.56 Å². The zero-order valence-electron chi connectivity index (χ0n) is 17.2. The molecule has 3 aromatic rings. The van der Waals surface area contributed by atoms with E-state index in [1.807, 2.05) is 38.1 Å². The standard InChI is InChI=1S/C23H28N2O3/c1-15-7-12-19-20(24-27)22(26)25(21(19)16(15)2)13-6-14-28-18-10-8-17(9-11-18)23(3,4)5/h7-12,26H,6,13-14H2,1-5H3. The Hall–Kier alpha value is -2.82. The molecule has 0 aliphatic rings. The minimum absolute atomic E-state index is 0.0757. The Bertz CT molecular complexity index is 996. The van der Waals surface area contributed by atoms with Gasteiger partial charge in [0.25, 0.3) is 0 Å². The number of benzene rings is 2. The molecule has 0 spiro atoms. The molecule has 0 saturated heterocycles. The third-order valence-electron chi connectivity index (χ3n) is 5.30. The first kappa shape index (κ1) is 19.9. The molecule has 5 nitrogen and oxygen atoms in total. The van der Waals surface area contributed by atoms with Crippen molar-refractivity contribution in [1.29, 1.82) is 0 Å². The number of hydrogen-bond donors (Lipinski definition) is 1. The van der Waals surface area contributed by atoms with Gasteiger partial charge < -0.3 is 14.4 Å². The second kappa shape index (κ2) is 7.66. The van der Waals surface area contributed by atoms with Gasteiger partial charge in [0.05, 0.1) is 12.1 Å². The van der Waals surface area contributed by atoms with E-state index in [9.17, 15) is 10.0 Å². The maximum atomic E-state index is 11.2. The molecule has 148 valence electrons. The molecule has 0 saturated carbocycles. The number of aromatic hydroxyl groups is 1. The Morgan fingerprint density at radius 3 is 2.36 bits per heavy atom. The Balaban J connectivity index is 1.71. The number of rotatable bonds is 6. The summed E-state index contributed by atoms with van der Waals surface area (Å²) in [5.41, 5.74) is 4.51. The van der Waals surface area contributed by atoms with Crippen LogP contribution in [0.25, 0.3) is 10.9 Å². The van der Waals surface area contributed by atoms with Crippen LogP contribution in [0, 0.1) is 18.8 Å². The molecule has 2 aromatic carbocycles. The second-order valence-electron chi connectivity index (χ2n) is 8.30. The van der Waals surface area contributed by atoms with Crippen molar-refractivity contribution in [3.05, 3.63) is 58.0 Å². The van der Waals surface area contributed by atoms with Gasteiger partial charge in [-0.05, 0) is 59.7 Å². The van der Waals surface area contributed by atoms with Crippen molar-refractivity contribution in [3.63, 3.8) is 0 Å². The summed E-state index contributed by atoms with van der Waals surface area (Å²) in [5.74, 6) is 0.755. The van der Waals surface area contributed by atoms with Crippen LogP contribution in [0.4, 0.5) is 5.69 Å². The van der Waals surface area contributed by atoms with Gasteiger partial charge in [-0.15, -0.1) is 4.91 Å². The van der Waals surface area contributed by atoms with E-state index in [0.29, 0.717) is 25.0 Å². The molecular weight excluding hydrogens is 352 g/mol. The summed E-state index contributed by atoms with van der Waals surface area (Å²) in [6, 6.07) is 12.0. The summed E-state index contributed by atoms with van der Waals surface area (Å²) in [6.07, 6.45) is 0.698. The molecule has 0 amide bonds. The molecule has 28 heavy (non-hydrogen) atoms. The van der Waals surface area contributed by atoms with Crippen LogP contribution in [0.2, 0.25) is 0 Å². The van der Waals surface area contributed by atoms with E-state index < -0.39 is 0 Å². The lowest BCUT2D eigenvalue weighted by molar-refractivity contribution is 0.298. The number of aromatic nitrogens is 1. The van der Waals surface area contributed by atoms with Gasteiger partial charge in [0.1, 0.15) is 5.75 Å². The maximum absolute atomic E-state index is 11.2. The van der Waals surface area contributed by atoms with Crippen LogP contribution in [-0.2, 0) is 12.0 Å². The Labute approximate surface area is 165 Å². The van der Waals surface area contributed by atoms with E-state index in [0.717, 1.165) is 22.4 Å². The first-order chi connectivity index (χ1) is 13.2. The van der Waals surface area contributed by atoms with E-state index in [-0.39, 0.29) is 17.0 Å². The van der Waals surface area contributed by atoms with Crippen molar-refractivity contribution in [1.82, 2.24) is 4.57 Å². The molecule has 0 aliphatic carbocycles. The lowest BCUT2D eigenvalue weighted by Gasteiger charge is -2.19. The highest BCUT2D eigenvalue weighted by molar-refractivity contribution is 5.97. The lowest BCUT2D eigenvalue weighted by Crippen LogP contribution is -2.10. The zero-order valence-corrected chi connectivity index (χ0v) is 17.2. The van der Waals surface area contributed by atoms with Gasteiger partial charge in [-0.1, -0.05) is 45.0 Å². The summed E-state index contributed by atoms with van der Waals surface area (Å²) in [4.78, 5) is 11.2. The minimum atomic E-state index is -0.0757. The topological polar surface area (TPSA) is 63.8 Å². The van der Waals surface area contributed by atoms with Gasteiger partial charge in [0.15, 0.2) is 5.69 Å². The minimum Gasteiger partial charge on any atom is -0.494 e. The van der Waals surface area contributed by atoms with E-state index in [1.54, 1.807) is 4.57 Å². The zero-order chi connectivity index (χ0) is 20.5. The van der Waals surface area contributed by atoms with E-state index in [4.69, 9.17) is 4.74 Å². The van der Waals surface area contributed by atoms with Crippen LogP contribution in [0.15, 0.2) is 41.6 Å². The molecule has 0 aliphatic heterocycles. The summed E-state index contributed by atoms with van der Waals surface area (Å²) >= 11 is 0. The molecule has 1 aromatic heterocycles. The Morgan fingerprint density at radius 1 is 1.07 bits per heavy atom. The average molecular weight is 380 g/mol. The van der Waals surface area contributed by atoms with Gasteiger partial charge in [0, 0.05) is 11.9 Å². The Kier molecular flexibility index (Phi) is 5.45. The summed E-state index contributed by atoms with van der Waals surface area (Å²) in [7, 11) is 0. The van der Waals surface area contributed by atoms with Gasteiger partial charge in [-0.2, -0.15) is 0 Å². The number of nitrogens with zero attached hydrogens (tertiary/aromatic N) is 2. The molecule has 0 fully saturated rings. The molecule has 0 atom stereocenters. The normalized spacial score (nSPS) is 11.8. The predicted molar refractivity (Wildman–Crippen MR) is 114 cm³/mol. The third-order valence-corrected chi connectivity index (χ3v) is 5.30. The fraction of sp³-hybridized carbons (Fsp3) is 0.391. The van der Waals surface area contributed by atoms with Crippen molar-refractivity contribution >= 4 is 16.6 Å². The average Bonchev–Trinajstić information content (AvgIpc) is 2.93. The number of nitroso groups, excluding NO2 is 1. The summed E-state index contributed by atoms with van der Waals surface area (Å²) in [5, 5.41) is 14.2. The fourth-order valence-electron chi connectivity index (χ4n) is 3.47. The van der Waals surface area contributed by atoms with Gasteiger partial charge in [-0.3, -0.25) is 0 Å². The van der Waals surface area contributed by atoms with E-state index in [2.05, 4.69) is 38.1 Å². The lowest BCUT2D eigenvalue weighted by atomic mass is 9.87. The fourth-order valence-corrected chi connectivity index (χ4v) is 3.47. The van der Waals surface area contributed by atoms with E-state index >= 15 is 0 Å². The number of aryl methyl sites for hydroxylation is 3. The monoisotopic (exact) mass is 380 g/mol. The number of fused-ring (bicyclic) bond motifs is 1. The SMILES string of the molecule is Cc1ccc2c(N=O)c(O)n(CCCOc3ccc(C(C)(C)C)cc3)c2c1C. The van der Waals surface area contributed by atoms with Gasteiger partial charge in [0.2, 0.25) is 5.88 Å². The largest absolute Gasteiger partial charge is 0.494 e. The smallest absolute Gasteiger partial charge is 0.222 e. The van der Waals surface area contributed by atoms with Crippen molar-refractivity contribution in [3.8, 4) is 11.6 Å². The highest BCUT2D eigenvalue weighted by Gasteiger charge is 2.19. The summed E-state index contributed by atoms with van der Waals surface area (Å²) in [6.45, 7) is 11.6. The van der Waals surface area contributed by atoms with Crippen molar-refractivity contribution in [2.24, 2.45) is 5.18 Å². The molecule has 1 heterocycles. The van der Waals surface area contributed by atoms with Crippen LogP contribution in [0.5, 0.6) is 11.6 Å². The summed E-state index contributed by atoms with van der Waals surface area (Å²) < 4.78 is 7.62. The van der Waals surface area contributed by atoms with Crippen LogP contribution >= 0.6 is 0 Å². The molecular formula is C23H28N2O3. The highest BCUT2D eigenvalue weighted by Crippen LogP contribution is 2.40. The molecule has 1 N–H and O–H groups in total. The maximum Gasteiger partial charge on any atom is 0.222 e. The molecule has 0 bridgehead atoms. The van der Waals surface area contributed by atoms with Crippen molar-refractivity contribution in [2.75, 3.05) is 6.61 Å². The number of ether oxygens (including phenoxy) is 1. The first-order valence-corrected chi connectivity index (χ1v) is 9.62. The van der Waals surface area contributed by atoms with Gasteiger partial charge in [-0.25, -0.2) is 0 Å². The molecule has 0 radical (unpaired) electrons. The van der Waals surface area contributed by atoms with Crippen molar-refractivity contribution in [2.45, 2.75) is 53.0 Å². The van der Waals surface area contributed by atoms with Crippen molar-refractivity contribution < 1.29 is 9.84 Å². The van der Waals surface area contributed by atoms with Crippen LogP contribution in [0.3, 0.4) is 0 Å². The van der Waals surface area contributed by atoms with Gasteiger partial charge >= 0.3 is 0 Å². The van der Waals surface area contributed by atoms with Crippen LogP contribution < -0.4 is 4.74 Å². The molecule has 3 rings (SSSR count). The second-order valence-corrected chi connectivity index (χ2v) is 8.30. The molecule has 0 unspecified atom stereocenters. The first-order valence-electron chi connectivity index (χ1n) is 9.62. The quantitative estimate of drug-likeness (QED) is 0.413. The third kappa shape index (κ3) is 3.75.